The van der Waals surface area contributed by atoms with E-state index in [1.54, 1.807) is 0 Å². The van der Waals surface area contributed by atoms with E-state index in [1.165, 1.54) is 0 Å². The zero-order chi connectivity index (χ0) is 11.7. The maximum atomic E-state index is 11.5. The second-order valence-corrected chi connectivity index (χ2v) is 4.32. The van der Waals surface area contributed by atoms with E-state index in [0.717, 1.165) is 11.3 Å². The van der Waals surface area contributed by atoms with Gasteiger partial charge in [0.15, 0.2) is 5.78 Å². The van der Waals surface area contributed by atoms with Crippen molar-refractivity contribution in [1.82, 2.24) is 0 Å². The SMILES string of the molecule is Cc1c(Cl)cccc1N1CC(=O)C(C#N)C1. The van der Waals surface area contributed by atoms with Crippen molar-refractivity contribution in [3.05, 3.63) is 28.8 Å². The number of carbonyl (C=O) groups is 1. The van der Waals surface area contributed by atoms with E-state index in [-0.39, 0.29) is 5.78 Å². The lowest BCUT2D eigenvalue weighted by molar-refractivity contribution is -0.118. The fraction of sp³-hybridized carbons (Fsp3) is 0.333. The average molecular weight is 235 g/mol. The molecule has 1 aromatic carbocycles. The summed E-state index contributed by atoms with van der Waals surface area (Å²) >= 11 is 6.02. The third-order valence-electron chi connectivity index (χ3n) is 2.87. The van der Waals surface area contributed by atoms with Crippen LogP contribution in [0.5, 0.6) is 0 Å². The Morgan fingerprint density at radius 1 is 1.56 bits per heavy atom. The summed E-state index contributed by atoms with van der Waals surface area (Å²) in [4.78, 5) is 13.4. The van der Waals surface area contributed by atoms with E-state index in [1.807, 2.05) is 36.1 Å². The lowest BCUT2D eigenvalue weighted by Crippen LogP contribution is -2.20. The normalized spacial score (nSPS) is 19.9. The number of anilines is 1. The summed E-state index contributed by atoms with van der Waals surface area (Å²) in [6, 6.07) is 7.62. The monoisotopic (exact) mass is 234 g/mol. The van der Waals surface area contributed by atoms with E-state index in [0.29, 0.717) is 18.1 Å². The number of nitrogens with zero attached hydrogens (tertiary/aromatic N) is 2. The van der Waals surface area contributed by atoms with Crippen molar-refractivity contribution in [2.45, 2.75) is 6.92 Å². The quantitative estimate of drug-likeness (QED) is 0.748. The molecule has 0 aromatic heterocycles. The third-order valence-corrected chi connectivity index (χ3v) is 3.28. The molecule has 1 aliphatic rings. The van der Waals surface area contributed by atoms with Crippen LogP contribution in [0.2, 0.25) is 5.02 Å². The summed E-state index contributed by atoms with van der Waals surface area (Å²) < 4.78 is 0. The van der Waals surface area contributed by atoms with E-state index in [4.69, 9.17) is 16.9 Å². The Hall–Kier alpha value is -1.53. The van der Waals surface area contributed by atoms with Gasteiger partial charge in [0.25, 0.3) is 0 Å². The van der Waals surface area contributed by atoms with E-state index in [2.05, 4.69) is 0 Å². The van der Waals surface area contributed by atoms with Gasteiger partial charge in [0.1, 0.15) is 5.92 Å². The highest BCUT2D eigenvalue weighted by Gasteiger charge is 2.31. The van der Waals surface area contributed by atoms with Crippen molar-refractivity contribution in [2.75, 3.05) is 18.0 Å². The molecular formula is C12H11ClN2O. The molecule has 0 amide bonds. The first-order valence-electron chi connectivity index (χ1n) is 5.06. The minimum absolute atomic E-state index is 0.0122. The van der Waals surface area contributed by atoms with Crippen molar-refractivity contribution in [1.29, 1.82) is 5.26 Å². The van der Waals surface area contributed by atoms with Gasteiger partial charge < -0.3 is 4.90 Å². The van der Waals surface area contributed by atoms with Gasteiger partial charge in [-0.15, -0.1) is 0 Å². The van der Waals surface area contributed by atoms with E-state index >= 15 is 0 Å². The Bertz CT molecular complexity index is 478. The van der Waals surface area contributed by atoms with E-state index in [9.17, 15) is 4.79 Å². The zero-order valence-electron chi connectivity index (χ0n) is 8.90. The van der Waals surface area contributed by atoms with Gasteiger partial charge in [0.2, 0.25) is 0 Å². The van der Waals surface area contributed by atoms with Crippen molar-refractivity contribution in [2.24, 2.45) is 5.92 Å². The molecule has 1 heterocycles. The van der Waals surface area contributed by atoms with Crippen LogP contribution in [0.15, 0.2) is 18.2 Å². The van der Waals surface area contributed by atoms with Crippen LogP contribution in [-0.2, 0) is 4.79 Å². The first kappa shape index (κ1) is 11.0. The molecule has 82 valence electrons. The first-order valence-corrected chi connectivity index (χ1v) is 5.43. The van der Waals surface area contributed by atoms with Gasteiger partial charge in [-0.3, -0.25) is 4.79 Å². The highest BCUT2D eigenvalue weighted by atomic mass is 35.5. The molecule has 0 aliphatic carbocycles. The molecule has 1 unspecified atom stereocenters. The maximum Gasteiger partial charge on any atom is 0.170 e. The van der Waals surface area contributed by atoms with Gasteiger partial charge in [-0.1, -0.05) is 17.7 Å². The highest BCUT2D eigenvalue weighted by Crippen LogP contribution is 2.29. The molecular weight excluding hydrogens is 224 g/mol. The number of halogens is 1. The molecule has 0 saturated carbocycles. The number of Topliss-reactive ketones (excluding diaryl/α,β-unsaturated/α-hetero) is 1. The van der Waals surface area contributed by atoms with E-state index < -0.39 is 5.92 Å². The van der Waals surface area contributed by atoms with Gasteiger partial charge in [0, 0.05) is 17.3 Å². The minimum Gasteiger partial charge on any atom is -0.362 e. The van der Waals surface area contributed by atoms with Gasteiger partial charge in [-0.05, 0) is 24.6 Å². The molecule has 16 heavy (non-hydrogen) atoms. The predicted octanol–water partition coefficient (Wildman–Crippen LogP) is 2.18. The van der Waals surface area contributed by atoms with Crippen LogP contribution in [0.3, 0.4) is 0 Å². The van der Waals surface area contributed by atoms with Crippen molar-refractivity contribution in [3.63, 3.8) is 0 Å². The lowest BCUT2D eigenvalue weighted by atomic mass is 10.1. The molecule has 1 fully saturated rings. The van der Waals surface area contributed by atoms with Gasteiger partial charge in [0.05, 0.1) is 12.6 Å². The smallest absolute Gasteiger partial charge is 0.170 e. The molecule has 1 saturated heterocycles. The maximum absolute atomic E-state index is 11.5. The molecule has 2 rings (SSSR count). The number of ketones is 1. The molecule has 0 N–H and O–H groups in total. The van der Waals surface area contributed by atoms with Crippen LogP contribution < -0.4 is 4.90 Å². The topological polar surface area (TPSA) is 44.1 Å². The standard InChI is InChI=1S/C12H11ClN2O/c1-8-10(13)3-2-4-11(8)15-6-9(5-14)12(16)7-15/h2-4,9H,6-7H2,1H3. The van der Waals surface area contributed by atoms with Crippen LogP contribution in [0.25, 0.3) is 0 Å². The van der Waals surface area contributed by atoms with Crippen molar-refractivity contribution < 1.29 is 4.79 Å². The Morgan fingerprint density at radius 3 is 2.94 bits per heavy atom. The third kappa shape index (κ3) is 1.77. The van der Waals surface area contributed by atoms with Gasteiger partial charge in [-0.2, -0.15) is 5.26 Å². The second kappa shape index (κ2) is 4.15. The van der Waals surface area contributed by atoms with Crippen molar-refractivity contribution in [3.8, 4) is 6.07 Å². The predicted molar refractivity (Wildman–Crippen MR) is 62.5 cm³/mol. The molecule has 1 atom stereocenters. The van der Waals surface area contributed by atoms with Crippen LogP contribution in [0.4, 0.5) is 5.69 Å². The largest absolute Gasteiger partial charge is 0.362 e. The summed E-state index contributed by atoms with van der Waals surface area (Å²) in [5, 5.41) is 9.49. The Labute approximate surface area is 99.2 Å². The molecule has 0 bridgehead atoms. The molecule has 0 radical (unpaired) electrons. The number of benzene rings is 1. The number of nitriles is 1. The first-order chi connectivity index (χ1) is 7.63. The minimum atomic E-state index is -0.501. The highest BCUT2D eigenvalue weighted by molar-refractivity contribution is 6.31. The Morgan fingerprint density at radius 2 is 2.31 bits per heavy atom. The van der Waals surface area contributed by atoms with Crippen LogP contribution in [-0.4, -0.2) is 18.9 Å². The number of hydrogen-bond acceptors (Lipinski definition) is 3. The second-order valence-electron chi connectivity index (χ2n) is 3.91. The van der Waals surface area contributed by atoms with Gasteiger partial charge >= 0.3 is 0 Å². The molecule has 0 spiro atoms. The summed E-state index contributed by atoms with van der Waals surface area (Å²) in [5.41, 5.74) is 1.90. The number of hydrogen-bond donors (Lipinski definition) is 0. The molecule has 3 nitrogen and oxygen atoms in total. The average Bonchev–Trinajstić information content (AvgIpc) is 2.63. The van der Waals surface area contributed by atoms with Crippen LogP contribution in [0, 0.1) is 24.2 Å². The Kier molecular flexibility index (Phi) is 2.84. The zero-order valence-corrected chi connectivity index (χ0v) is 9.66. The summed E-state index contributed by atoms with van der Waals surface area (Å²) in [6.07, 6.45) is 0. The lowest BCUT2D eigenvalue weighted by Gasteiger charge is -2.19. The molecule has 4 heteroatoms. The number of rotatable bonds is 1. The fourth-order valence-corrected chi connectivity index (χ4v) is 2.09. The van der Waals surface area contributed by atoms with Crippen molar-refractivity contribution >= 4 is 23.1 Å². The summed E-state index contributed by atoms with van der Waals surface area (Å²) in [6.45, 7) is 2.69. The van der Waals surface area contributed by atoms with Gasteiger partial charge in [-0.25, -0.2) is 0 Å². The number of carbonyl (C=O) groups excluding carboxylic acids is 1. The van der Waals surface area contributed by atoms with Crippen LogP contribution in [0.1, 0.15) is 5.56 Å². The van der Waals surface area contributed by atoms with Crippen LogP contribution >= 0.6 is 11.6 Å². The fourth-order valence-electron chi connectivity index (χ4n) is 1.92. The molecule has 1 aromatic rings. The molecule has 1 aliphatic heterocycles. The summed E-state index contributed by atoms with van der Waals surface area (Å²) in [5.74, 6) is -0.514. The Balaban J connectivity index is 2.31. The summed E-state index contributed by atoms with van der Waals surface area (Å²) in [7, 11) is 0.